The number of rotatable bonds is 5. The monoisotopic (exact) mass is 481 g/mol. The molecule has 0 saturated carbocycles. The lowest BCUT2D eigenvalue weighted by Gasteiger charge is -2.37. The highest BCUT2D eigenvalue weighted by Gasteiger charge is 2.27. The van der Waals surface area contributed by atoms with Gasteiger partial charge in [0.2, 0.25) is 5.91 Å². The molecular weight excluding hydrogens is 451 g/mol. The lowest BCUT2D eigenvalue weighted by atomic mass is 9.88. The van der Waals surface area contributed by atoms with Gasteiger partial charge in [-0.3, -0.25) is 4.79 Å². The molecular formula is C28H30F3N3O. The molecule has 3 aromatic rings. The Hall–Kier alpha value is -3.06. The first kappa shape index (κ1) is 23.7. The zero-order valence-corrected chi connectivity index (χ0v) is 19.7. The molecule has 0 atom stereocenters. The number of aromatic nitrogens is 1. The summed E-state index contributed by atoms with van der Waals surface area (Å²) in [6, 6.07) is 10.3. The number of H-pyrrole nitrogens is 1. The van der Waals surface area contributed by atoms with Crippen LogP contribution in [0, 0.1) is 23.4 Å². The molecule has 7 heteroatoms. The number of carbonyl (C=O) groups excluding carboxylic acids is 1. The van der Waals surface area contributed by atoms with Crippen molar-refractivity contribution in [3.05, 3.63) is 77.2 Å². The van der Waals surface area contributed by atoms with Gasteiger partial charge in [0, 0.05) is 42.8 Å². The minimum Gasteiger partial charge on any atom is -0.361 e. The van der Waals surface area contributed by atoms with Gasteiger partial charge in [0.05, 0.1) is 0 Å². The number of hydrogen-bond acceptors (Lipinski definition) is 2. The number of fused-ring (bicyclic) bond motifs is 1. The van der Waals surface area contributed by atoms with E-state index in [1.165, 1.54) is 28.6 Å². The van der Waals surface area contributed by atoms with Gasteiger partial charge in [-0.1, -0.05) is 18.2 Å². The minimum absolute atomic E-state index is 0.126. The lowest BCUT2D eigenvalue weighted by Crippen LogP contribution is -2.42. The number of hydrogen-bond donors (Lipinski definition) is 1. The van der Waals surface area contributed by atoms with Crippen molar-refractivity contribution in [3.8, 4) is 0 Å². The number of amides is 1. The van der Waals surface area contributed by atoms with Crippen LogP contribution in [-0.4, -0.2) is 53.4 Å². The molecule has 0 aliphatic carbocycles. The largest absolute Gasteiger partial charge is 0.361 e. The molecule has 0 spiro atoms. The first-order valence-corrected chi connectivity index (χ1v) is 12.4. The van der Waals surface area contributed by atoms with Crippen LogP contribution in [0.2, 0.25) is 0 Å². The van der Waals surface area contributed by atoms with E-state index in [0.717, 1.165) is 57.5 Å². The molecule has 0 bridgehead atoms. The summed E-state index contributed by atoms with van der Waals surface area (Å²) in [5.74, 6) is -3.05. The highest BCUT2D eigenvalue weighted by molar-refractivity contribution is 5.91. The van der Waals surface area contributed by atoms with Gasteiger partial charge in [-0.05, 0) is 86.0 Å². The summed E-state index contributed by atoms with van der Waals surface area (Å²) >= 11 is 0. The molecule has 4 nitrogen and oxygen atoms in total. The van der Waals surface area contributed by atoms with Crippen LogP contribution < -0.4 is 0 Å². The summed E-state index contributed by atoms with van der Waals surface area (Å²) in [6.07, 6.45) is 9.03. The van der Waals surface area contributed by atoms with Crippen LogP contribution in [0.25, 0.3) is 17.0 Å². The van der Waals surface area contributed by atoms with Crippen LogP contribution in [0.4, 0.5) is 13.2 Å². The summed E-state index contributed by atoms with van der Waals surface area (Å²) in [7, 11) is 0. The maximum Gasteiger partial charge on any atom is 0.246 e. The normalized spacial score (nSPS) is 18.7. The van der Waals surface area contributed by atoms with Crippen LogP contribution >= 0.6 is 0 Å². The Bertz CT molecular complexity index is 1200. The van der Waals surface area contributed by atoms with Gasteiger partial charge in [0.1, 0.15) is 0 Å². The first-order valence-electron chi connectivity index (χ1n) is 12.4. The Labute approximate surface area is 203 Å². The maximum absolute atomic E-state index is 13.4. The van der Waals surface area contributed by atoms with Crippen molar-refractivity contribution >= 4 is 22.9 Å². The number of carbonyl (C=O) groups is 1. The summed E-state index contributed by atoms with van der Waals surface area (Å²) in [6.45, 7) is 4.60. The van der Waals surface area contributed by atoms with Gasteiger partial charge in [0.25, 0.3) is 0 Å². The summed E-state index contributed by atoms with van der Waals surface area (Å²) in [4.78, 5) is 20.2. The second-order valence-corrected chi connectivity index (χ2v) is 9.77. The number of nitrogens with zero attached hydrogens (tertiary/aromatic N) is 2. The number of nitrogens with one attached hydrogen (secondary N) is 1. The fraction of sp³-hybridized carbons (Fsp3) is 0.393. The Balaban J connectivity index is 1.08. The van der Waals surface area contributed by atoms with Crippen molar-refractivity contribution in [3.63, 3.8) is 0 Å². The Morgan fingerprint density at radius 1 is 0.971 bits per heavy atom. The van der Waals surface area contributed by atoms with E-state index in [-0.39, 0.29) is 11.5 Å². The predicted molar refractivity (Wildman–Crippen MR) is 131 cm³/mol. The predicted octanol–water partition coefficient (Wildman–Crippen LogP) is 5.72. The van der Waals surface area contributed by atoms with Gasteiger partial charge in [0.15, 0.2) is 17.5 Å². The Morgan fingerprint density at radius 2 is 1.66 bits per heavy atom. The van der Waals surface area contributed by atoms with E-state index in [0.29, 0.717) is 24.9 Å². The van der Waals surface area contributed by atoms with Crippen LogP contribution in [0.15, 0.2) is 48.7 Å². The van der Waals surface area contributed by atoms with E-state index < -0.39 is 17.5 Å². The van der Waals surface area contributed by atoms with Crippen molar-refractivity contribution in [2.75, 3.05) is 32.7 Å². The van der Waals surface area contributed by atoms with Crippen LogP contribution in [0.1, 0.15) is 42.7 Å². The zero-order chi connectivity index (χ0) is 24.4. The van der Waals surface area contributed by atoms with Crippen LogP contribution in [0.3, 0.4) is 0 Å². The molecule has 1 aromatic heterocycles. The summed E-state index contributed by atoms with van der Waals surface area (Å²) in [5.41, 5.74) is 2.77. The second kappa shape index (κ2) is 10.3. The quantitative estimate of drug-likeness (QED) is 0.374. The zero-order valence-electron chi connectivity index (χ0n) is 19.7. The number of aromatic amines is 1. The van der Waals surface area contributed by atoms with Gasteiger partial charge in [-0.2, -0.15) is 0 Å². The molecule has 35 heavy (non-hydrogen) atoms. The summed E-state index contributed by atoms with van der Waals surface area (Å²) in [5, 5.41) is 1.34. The molecule has 2 fully saturated rings. The molecule has 1 amide bonds. The smallest absolute Gasteiger partial charge is 0.246 e. The minimum atomic E-state index is -1.50. The topological polar surface area (TPSA) is 39.3 Å². The van der Waals surface area contributed by atoms with Gasteiger partial charge in [-0.25, -0.2) is 13.2 Å². The fourth-order valence-electron chi connectivity index (χ4n) is 5.50. The van der Waals surface area contributed by atoms with Crippen molar-refractivity contribution in [2.24, 2.45) is 5.92 Å². The van der Waals surface area contributed by atoms with Crippen molar-refractivity contribution in [1.82, 2.24) is 14.8 Å². The Kier molecular flexibility index (Phi) is 6.95. The fourth-order valence-corrected chi connectivity index (χ4v) is 5.50. The number of piperidine rings is 2. The molecule has 2 aliphatic heterocycles. The van der Waals surface area contributed by atoms with E-state index in [1.54, 1.807) is 4.90 Å². The van der Waals surface area contributed by atoms with Crippen LogP contribution in [-0.2, 0) is 4.79 Å². The number of benzene rings is 2. The van der Waals surface area contributed by atoms with Gasteiger partial charge in [-0.15, -0.1) is 0 Å². The molecule has 0 radical (unpaired) electrons. The Morgan fingerprint density at radius 3 is 2.37 bits per heavy atom. The lowest BCUT2D eigenvalue weighted by molar-refractivity contribution is -0.127. The number of halogens is 3. The molecule has 1 N–H and O–H groups in total. The number of para-hydroxylation sites is 1. The van der Waals surface area contributed by atoms with E-state index in [2.05, 4.69) is 40.3 Å². The molecule has 3 heterocycles. The van der Waals surface area contributed by atoms with Crippen molar-refractivity contribution in [1.29, 1.82) is 0 Å². The van der Waals surface area contributed by atoms with E-state index in [9.17, 15) is 18.0 Å². The highest BCUT2D eigenvalue weighted by Crippen LogP contribution is 2.33. The van der Waals surface area contributed by atoms with E-state index in [1.807, 2.05) is 0 Å². The molecule has 0 unspecified atom stereocenters. The maximum atomic E-state index is 13.4. The second-order valence-electron chi connectivity index (χ2n) is 9.77. The third-order valence-electron chi connectivity index (χ3n) is 7.52. The third kappa shape index (κ3) is 5.30. The average Bonchev–Trinajstić information content (AvgIpc) is 3.31. The number of likely N-dealkylation sites (tertiary alicyclic amines) is 2. The average molecular weight is 482 g/mol. The molecule has 5 rings (SSSR count). The SMILES string of the molecule is O=C(/C=C/c1cc(F)c(F)c(F)c1)N1CCC(CN2CCC(c3c[nH]c4ccccc34)CC2)CC1. The van der Waals surface area contributed by atoms with Crippen molar-refractivity contribution < 1.29 is 18.0 Å². The standard InChI is InChI=1S/C28H30F3N3O/c29-24-15-20(16-25(30)28(24)31)5-6-27(35)34-13-7-19(8-14-34)18-33-11-9-21(10-12-33)23-17-32-26-4-2-1-3-22(23)26/h1-6,15-17,19,21,32H,7-14,18H2/b6-5+. The van der Waals surface area contributed by atoms with Gasteiger partial charge < -0.3 is 14.8 Å². The van der Waals surface area contributed by atoms with Crippen molar-refractivity contribution in [2.45, 2.75) is 31.6 Å². The van der Waals surface area contributed by atoms with E-state index in [4.69, 9.17) is 0 Å². The first-order chi connectivity index (χ1) is 17.0. The molecule has 184 valence electrons. The van der Waals surface area contributed by atoms with Gasteiger partial charge >= 0.3 is 0 Å². The summed E-state index contributed by atoms with van der Waals surface area (Å²) < 4.78 is 39.8. The highest BCUT2D eigenvalue weighted by atomic mass is 19.2. The van der Waals surface area contributed by atoms with Crippen LogP contribution in [0.5, 0.6) is 0 Å². The third-order valence-corrected chi connectivity index (χ3v) is 7.52. The molecule has 2 saturated heterocycles. The molecule has 2 aliphatic rings. The molecule has 2 aromatic carbocycles. The van der Waals surface area contributed by atoms with E-state index >= 15 is 0 Å².